The van der Waals surface area contributed by atoms with E-state index >= 15 is 0 Å². The second kappa shape index (κ2) is 4.23. The molecule has 1 heterocycles. The third kappa shape index (κ3) is 2.06. The quantitative estimate of drug-likeness (QED) is 0.776. The van der Waals surface area contributed by atoms with E-state index in [0.29, 0.717) is 0 Å². The fraction of sp³-hybridized carbons (Fsp3) is 0.375. The topological polar surface area (TPSA) is 46.5 Å². The first-order valence-corrected chi connectivity index (χ1v) is 4.39. The molecule has 1 atom stereocenters. The van der Waals surface area contributed by atoms with Gasteiger partial charge in [0.25, 0.3) is 0 Å². The fourth-order valence-corrected chi connectivity index (χ4v) is 1.74. The van der Waals surface area contributed by atoms with Gasteiger partial charge in [-0.3, -0.25) is 4.79 Å². The lowest BCUT2D eigenvalue weighted by atomic mass is 10.1. The van der Waals surface area contributed by atoms with Gasteiger partial charge in [0.2, 0.25) is 0 Å². The zero-order valence-corrected chi connectivity index (χ0v) is 7.50. The largest absolute Gasteiger partial charge is 0.481 e. The molecule has 0 aromatic carbocycles. The van der Waals surface area contributed by atoms with Crippen LogP contribution in [0.2, 0.25) is 0 Å². The molecule has 0 fully saturated rings. The smallest absolute Gasteiger partial charge is 0.314 e. The number of hydrogen-bond donors (Lipinski definition) is 1. The first-order chi connectivity index (χ1) is 5.75. The van der Waals surface area contributed by atoms with Crippen LogP contribution in [-0.2, 0) is 9.53 Å². The maximum Gasteiger partial charge on any atom is 0.314 e. The molecule has 3 nitrogen and oxygen atoms in total. The lowest BCUT2D eigenvalue weighted by Gasteiger charge is -2.07. The van der Waals surface area contributed by atoms with Gasteiger partial charge in [-0.25, -0.2) is 0 Å². The van der Waals surface area contributed by atoms with Crippen LogP contribution in [0.1, 0.15) is 10.8 Å². The SMILES string of the molecule is COCC(C(=O)O)c1cccs1. The standard InChI is InChI=1S/C8H10O3S/c1-11-5-6(8(9)10)7-3-2-4-12-7/h2-4,6H,5H2,1H3,(H,9,10). The van der Waals surface area contributed by atoms with Crippen molar-refractivity contribution >= 4 is 17.3 Å². The minimum atomic E-state index is -0.834. The molecule has 1 aromatic heterocycles. The van der Waals surface area contributed by atoms with E-state index in [1.807, 2.05) is 17.5 Å². The van der Waals surface area contributed by atoms with E-state index in [0.717, 1.165) is 4.88 Å². The van der Waals surface area contributed by atoms with Crippen LogP contribution in [0.15, 0.2) is 17.5 Å². The minimum absolute atomic E-state index is 0.232. The highest BCUT2D eigenvalue weighted by Crippen LogP contribution is 2.21. The van der Waals surface area contributed by atoms with Crippen LogP contribution < -0.4 is 0 Å². The Balaban J connectivity index is 2.73. The molecule has 0 aliphatic carbocycles. The first kappa shape index (κ1) is 9.22. The molecule has 1 N–H and O–H groups in total. The molecule has 0 aliphatic heterocycles. The van der Waals surface area contributed by atoms with E-state index in [1.54, 1.807) is 0 Å². The van der Waals surface area contributed by atoms with Gasteiger partial charge in [0, 0.05) is 12.0 Å². The van der Waals surface area contributed by atoms with Crippen LogP contribution in [0.4, 0.5) is 0 Å². The fourth-order valence-electron chi connectivity index (χ4n) is 0.931. The molecule has 1 rings (SSSR count). The number of carboxylic acid groups (broad SMARTS) is 1. The monoisotopic (exact) mass is 186 g/mol. The Kier molecular flexibility index (Phi) is 3.25. The minimum Gasteiger partial charge on any atom is -0.481 e. The predicted octanol–water partition coefficient (Wildman–Crippen LogP) is 1.56. The Hall–Kier alpha value is -0.870. The van der Waals surface area contributed by atoms with Crippen LogP contribution in [0.3, 0.4) is 0 Å². The Bertz CT molecular complexity index is 243. The normalized spacial score (nSPS) is 12.8. The zero-order chi connectivity index (χ0) is 8.97. The van der Waals surface area contributed by atoms with Gasteiger partial charge in [-0.15, -0.1) is 11.3 Å². The van der Waals surface area contributed by atoms with Crippen LogP contribution >= 0.6 is 11.3 Å². The number of carbonyl (C=O) groups is 1. The van der Waals surface area contributed by atoms with Crippen LogP contribution in [0.25, 0.3) is 0 Å². The molecule has 0 saturated heterocycles. The molecule has 66 valence electrons. The van der Waals surface area contributed by atoms with Crippen molar-refractivity contribution in [2.75, 3.05) is 13.7 Å². The zero-order valence-electron chi connectivity index (χ0n) is 6.69. The maximum atomic E-state index is 10.7. The summed E-state index contributed by atoms with van der Waals surface area (Å²) in [5.41, 5.74) is 0. The lowest BCUT2D eigenvalue weighted by molar-refractivity contribution is -0.140. The van der Waals surface area contributed by atoms with Gasteiger partial charge in [0.1, 0.15) is 5.92 Å². The highest BCUT2D eigenvalue weighted by Gasteiger charge is 2.19. The van der Waals surface area contributed by atoms with E-state index < -0.39 is 11.9 Å². The Morgan fingerprint density at radius 3 is 3.00 bits per heavy atom. The van der Waals surface area contributed by atoms with Gasteiger partial charge in [-0.2, -0.15) is 0 Å². The summed E-state index contributed by atoms with van der Waals surface area (Å²) in [7, 11) is 1.50. The third-order valence-corrected chi connectivity index (χ3v) is 2.50. The predicted molar refractivity (Wildman–Crippen MR) is 46.6 cm³/mol. The van der Waals surface area contributed by atoms with Gasteiger partial charge >= 0.3 is 5.97 Å². The van der Waals surface area contributed by atoms with Crippen LogP contribution in [0, 0.1) is 0 Å². The van der Waals surface area contributed by atoms with Crippen molar-refractivity contribution < 1.29 is 14.6 Å². The molecule has 0 amide bonds. The van der Waals surface area contributed by atoms with Crippen molar-refractivity contribution in [3.8, 4) is 0 Å². The molecule has 0 bridgehead atoms. The number of aliphatic carboxylic acids is 1. The van der Waals surface area contributed by atoms with Gasteiger partial charge in [0.05, 0.1) is 6.61 Å². The van der Waals surface area contributed by atoms with Crippen molar-refractivity contribution in [1.82, 2.24) is 0 Å². The second-order valence-corrected chi connectivity index (χ2v) is 3.34. The number of carboxylic acids is 1. The molecule has 1 unspecified atom stereocenters. The number of rotatable bonds is 4. The number of methoxy groups -OCH3 is 1. The Morgan fingerprint density at radius 1 is 1.83 bits per heavy atom. The Labute approximate surface area is 74.6 Å². The molecule has 0 aliphatic rings. The average Bonchev–Trinajstić information content (AvgIpc) is 2.51. The highest BCUT2D eigenvalue weighted by molar-refractivity contribution is 7.10. The summed E-state index contributed by atoms with van der Waals surface area (Å²) in [5.74, 6) is -1.35. The molecular formula is C8H10O3S. The maximum absolute atomic E-state index is 10.7. The average molecular weight is 186 g/mol. The molecular weight excluding hydrogens is 176 g/mol. The molecule has 1 aromatic rings. The molecule has 0 radical (unpaired) electrons. The number of ether oxygens (including phenoxy) is 1. The van der Waals surface area contributed by atoms with Crippen molar-refractivity contribution in [3.63, 3.8) is 0 Å². The van der Waals surface area contributed by atoms with Crippen molar-refractivity contribution in [2.45, 2.75) is 5.92 Å². The van der Waals surface area contributed by atoms with Crippen molar-refractivity contribution in [3.05, 3.63) is 22.4 Å². The lowest BCUT2D eigenvalue weighted by Crippen LogP contribution is -2.15. The summed E-state index contributed by atoms with van der Waals surface area (Å²) in [5, 5.41) is 10.7. The summed E-state index contributed by atoms with van der Waals surface area (Å²) < 4.78 is 4.81. The molecule has 0 saturated carbocycles. The van der Waals surface area contributed by atoms with E-state index in [1.165, 1.54) is 18.4 Å². The number of hydrogen-bond acceptors (Lipinski definition) is 3. The van der Waals surface area contributed by atoms with Gasteiger partial charge in [-0.1, -0.05) is 6.07 Å². The molecule has 12 heavy (non-hydrogen) atoms. The first-order valence-electron chi connectivity index (χ1n) is 3.51. The van der Waals surface area contributed by atoms with Crippen LogP contribution in [0.5, 0.6) is 0 Å². The third-order valence-electron chi connectivity index (χ3n) is 1.52. The van der Waals surface area contributed by atoms with E-state index in [-0.39, 0.29) is 6.61 Å². The number of thiophene rings is 1. The summed E-state index contributed by atoms with van der Waals surface area (Å²) in [4.78, 5) is 11.6. The van der Waals surface area contributed by atoms with Gasteiger partial charge < -0.3 is 9.84 Å². The highest BCUT2D eigenvalue weighted by atomic mass is 32.1. The van der Waals surface area contributed by atoms with Crippen LogP contribution in [-0.4, -0.2) is 24.8 Å². The summed E-state index contributed by atoms with van der Waals surface area (Å²) in [6.45, 7) is 0.232. The van der Waals surface area contributed by atoms with Gasteiger partial charge in [0.15, 0.2) is 0 Å². The molecule has 0 spiro atoms. The van der Waals surface area contributed by atoms with Gasteiger partial charge in [-0.05, 0) is 11.4 Å². The summed E-state index contributed by atoms with van der Waals surface area (Å²) in [6, 6.07) is 3.65. The van der Waals surface area contributed by atoms with Crippen molar-refractivity contribution in [2.24, 2.45) is 0 Å². The van der Waals surface area contributed by atoms with E-state index in [2.05, 4.69) is 0 Å². The molecule has 4 heteroatoms. The van der Waals surface area contributed by atoms with E-state index in [9.17, 15) is 4.79 Å². The summed E-state index contributed by atoms with van der Waals surface area (Å²) in [6.07, 6.45) is 0. The van der Waals surface area contributed by atoms with Crippen molar-refractivity contribution in [1.29, 1.82) is 0 Å². The second-order valence-electron chi connectivity index (χ2n) is 2.36. The Morgan fingerprint density at radius 2 is 2.58 bits per heavy atom. The van der Waals surface area contributed by atoms with E-state index in [4.69, 9.17) is 9.84 Å². The summed E-state index contributed by atoms with van der Waals surface area (Å²) >= 11 is 1.44.